The average Bonchev–Trinajstić information content (AvgIpc) is 3.25. The number of nitrogens with zero attached hydrogens (tertiary/aromatic N) is 1. The van der Waals surface area contributed by atoms with Gasteiger partial charge in [0.05, 0.1) is 0 Å². The van der Waals surface area contributed by atoms with Crippen LogP contribution in [0.5, 0.6) is 0 Å². The van der Waals surface area contributed by atoms with Crippen molar-refractivity contribution in [2.24, 2.45) is 0 Å². The predicted octanol–water partition coefficient (Wildman–Crippen LogP) is 3.86. The molecular weight excluding hydrogens is 256 g/mol. The van der Waals surface area contributed by atoms with Crippen LogP contribution in [-0.4, -0.2) is 10.6 Å². The second-order valence-electron chi connectivity index (χ2n) is 6.60. The maximum Gasteiger partial charge on any atom is 0.0361 e. The largest absolute Gasteiger partial charge is 0.350 e. The minimum Gasteiger partial charge on any atom is -0.350 e. The van der Waals surface area contributed by atoms with Crippen LogP contribution in [0.4, 0.5) is 0 Å². The van der Waals surface area contributed by atoms with Crippen molar-refractivity contribution >= 4 is 0 Å². The normalized spacial score (nSPS) is 21.2. The first kappa shape index (κ1) is 13.1. The molecule has 1 fully saturated rings. The summed E-state index contributed by atoms with van der Waals surface area (Å²) < 4.78 is 2.46. The highest BCUT2D eigenvalue weighted by molar-refractivity contribution is 5.32. The molecule has 0 radical (unpaired) electrons. The molecule has 0 bridgehead atoms. The summed E-state index contributed by atoms with van der Waals surface area (Å²) in [5.74, 6) is 0.682. The lowest BCUT2D eigenvalue weighted by Gasteiger charge is -2.26. The fraction of sp³-hybridized carbons (Fsp3) is 0.474. The van der Waals surface area contributed by atoms with Gasteiger partial charge in [-0.2, -0.15) is 0 Å². The van der Waals surface area contributed by atoms with Crippen LogP contribution in [0.15, 0.2) is 42.6 Å². The predicted molar refractivity (Wildman–Crippen MR) is 86.4 cm³/mol. The molecule has 2 aromatic rings. The molecule has 1 unspecified atom stereocenters. The Morgan fingerprint density at radius 3 is 2.86 bits per heavy atom. The quantitative estimate of drug-likeness (QED) is 0.880. The Morgan fingerprint density at radius 2 is 1.95 bits per heavy atom. The Bertz CT molecular complexity index is 610. The van der Waals surface area contributed by atoms with E-state index >= 15 is 0 Å². The Morgan fingerprint density at radius 1 is 1.05 bits per heavy atom. The van der Waals surface area contributed by atoms with Gasteiger partial charge in [-0.1, -0.05) is 24.3 Å². The van der Waals surface area contributed by atoms with Crippen molar-refractivity contribution < 1.29 is 0 Å². The van der Waals surface area contributed by atoms with Gasteiger partial charge in [-0.3, -0.25) is 0 Å². The molecule has 1 heterocycles. The first-order valence-electron chi connectivity index (χ1n) is 8.35. The van der Waals surface area contributed by atoms with Crippen LogP contribution < -0.4 is 5.32 Å². The monoisotopic (exact) mass is 280 g/mol. The van der Waals surface area contributed by atoms with Crippen molar-refractivity contribution in [2.75, 3.05) is 0 Å². The lowest BCUT2D eigenvalue weighted by Crippen LogP contribution is -2.20. The molecule has 0 amide bonds. The number of nitrogens with one attached hydrogen (secondary N) is 1. The Balaban J connectivity index is 1.50. The highest BCUT2D eigenvalue weighted by Crippen LogP contribution is 2.33. The maximum atomic E-state index is 3.63. The van der Waals surface area contributed by atoms with Crippen molar-refractivity contribution in [3.63, 3.8) is 0 Å². The van der Waals surface area contributed by atoms with Crippen LogP contribution in [-0.2, 0) is 19.5 Å². The molecule has 2 aliphatic carbocycles. The molecule has 0 aliphatic heterocycles. The van der Waals surface area contributed by atoms with Crippen molar-refractivity contribution in [1.29, 1.82) is 0 Å². The third kappa shape index (κ3) is 2.91. The summed E-state index contributed by atoms with van der Waals surface area (Å²) >= 11 is 0. The molecule has 0 saturated heterocycles. The lowest BCUT2D eigenvalue weighted by molar-refractivity contribution is 0.471. The second kappa shape index (κ2) is 5.69. The van der Waals surface area contributed by atoms with E-state index in [4.69, 9.17) is 0 Å². The number of aryl methyl sites for hydroxylation is 1. The highest BCUT2D eigenvalue weighted by Gasteiger charge is 2.22. The minimum atomic E-state index is 0.682. The Labute approximate surface area is 127 Å². The fourth-order valence-corrected chi connectivity index (χ4v) is 3.61. The molecular formula is C19H24N2. The summed E-state index contributed by atoms with van der Waals surface area (Å²) in [5.41, 5.74) is 4.59. The Kier molecular flexibility index (Phi) is 3.56. The van der Waals surface area contributed by atoms with Crippen molar-refractivity contribution in [1.82, 2.24) is 9.88 Å². The SMILES string of the molecule is c1ccc2c(c1)CCCC2Cn1cccc1CNC1CC1. The van der Waals surface area contributed by atoms with Crippen molar-refractivity contribution in [3.8, 4) is 0 Å². The Hall–Kier alpha value is -1.54. The van der Waals surface area contributed by atoms with Crippen molar-refractivity contribution in [2.45, 2.75) is 57.2 Å². The number of hydrogen-bond acceptors (Lipinski definition) is 1. The van der Waals surface area contributed by atoms with Gasteiger partial charge in [-0.05, 0) is 55.4 Å². The highest BCUT2D eigenvalue weighted by atomic mass is 15.0. The molecule has 4 rings (SSSR count). The number of aromatic nitrogens is 1. The van der Waals surface area contributed by atoms with Crippen molar-refractivity contribution in [3.05, 3.63) is 59.4 Å². The van der Waals surface area contributed by atoms with Crippen LogP contribution in [0.2, 0.25) is 0 Å². The summed E-state index contributed by atoms with van der Waals surface area (Å²) in [6, 6.07) is 14.3. The van der Waals surface area contributed by atoms with Gasteiger partial charge in [0.2, 0.25) is 0 Å². The molecule has 1 atom stereocenters. The molecule has 0 spiro atoms. The third-order valence-electron chi connectivity index (χ3n) is 4.98. The van der Waals surface area contributed by atoms with Gasteiger partial charge < -0.3 is 9.88 Å². The lowest BCUT2D eigenvalue weighted by atomic mass is 9.83. The summed E-state index contributed by atoms with van der Waals surface area (Å²) in [5, 5.41) is 3.63. The standard InChI is InChI=1S/C19H24N2/c1-2-9-19-15(5-1)6-3-7-16(19)14-21-12-4-8-18(21)13-20-17-10-11-17/h1-2,4-5,8-9,12,16-17,20H,3,6-7,10-11,13-14H2. The van der Waals surface area contributed by atoms with Gasteiger partial charge >= 0.3 is 0 Å². The molecule has 1 aromatic carbocycles. The molecule has 2 heteroatoms. The van der Waals surface area contributed by atoms with E-state index in [0.717, 1.165) is 19.1 Å². The zero-order chi connectivity index (χ0) is 14.1. The number of hydrogen-bond donors (Lipinski definition) is 1. The van der Waals surface area contributed by atoms with E-state index in [2.05, 4.69) is 52.5 Å². The van der Waals surface area contributed by atoms with Crippen LogP contribution >= 0.6 is 0 Å². The van der Waals surface area contributed by atoms with E-state index in [1.807, 2.05) is 0 Å². The fourth-order valence-electron chi connectivity index (χ4n) is 3.61. The molecule has 2 nitrogen and oxygen atoms in total. The molecule has 1 N–H and O–H groups in total. The molecule has 1 saturated carbocycles. The van der Waals surface area contributed by atoms with Gasteiger partial charge in [0, 0.05) is 36.9 Å². The van der Waals surface area contributed by atoms with Crippen LogP contribution in [0.3, 0.4) is 0 Å². The van der Waals surface area contributed by atoms with Gasteiger partial charge in [0.1, 0.15) is 0 Å². The van der Waals surface area contributed by atoms with Gasteiger partial charge in [0.15, 0.2) is 0 Å². The summed E-state index contributed by atoms with van der Waals surface area (Å²) in [4.78, 5) is 0. The zero-order valence-corrected chi connectivity index (χ0v) is 12.6. The van der Waals surface area contributed by atoms with Gasteiger partial charge in [0.25, 0.3) is 0 Å². The van der Waals surface area contributed by atoms with E-state index in [9.17, 15) is 0 Å². The van der Waals surface area contributed by atoms with Crippen LogP contribution in [0.1, 0.15) is 48.4 Å². The average molecular weight is 280 g/mol. The van der Waals surface area contributed by atoms with E-state index in [0.29, 0.717) is 5.92 Å². The summed E-state index contributed by atoms with van der Waals surface area (Å²) in [6.45, 7) is 2.15. The van der Waals surface area contributed by atoms with E-state index in [-0.39, 0.29) is 0 Å². The second-order valence-corrected chi connectivity index (χ2v) is 6.60. The van der Waals surface area contributed by atoms with E-state index in [1.54, 1.807) is 11.1 Å². The molecule has 110 valence electrons. The minimum absolute atomic E-state index is 0.682. The van der Waals surface area contributed by atoms with Gasteiger partial charge in [-0.25, -0.2) is 0 Å². The van der Waals surface area contributed by atoms with Gasteiger partial charge in [-0.15, -0.1) is 0 Å². The zero-order valence-electron chi connectivity index (χ0n) is 12.6. The van der Waals surface area contributed by atoms with Crippen LogP contribution in [0, 0.1) is 0 Å². The van der Waals surface area contributed by atoms with E-state index < -0.39 is 0 Å². The topological polar surface area (TPSA) is 17.0 Å². The number of benzene rings is 1. The third-order valence-corrected chi connectivity index (χ3v) is 4.98. The summed E-state index contributed by atoms with van der Waals surface area (Å²) in [6.07, 6.45) is 8.88. The molecule has 1 aromatic heterocycles. The molecule has 21 heavy (non-hydrogen) atoms. The molecule has 2 aliphatic rings. The first-order chi connectivity index (χ1) is 10.4. The smallest absolute Gasteiger partial charge is 0.0361 e. The first-order valence-corrected chi connectivity index (χ1v) is 8.35. The number of fused-ring (bicyclic) bond motifs is 1. The van der Waals surface area contributed by atoms with E-state index in [1.165, 1.54) is 37.8 Å². The number of rotatable bonds is 5. The summed E-state index contributed by atoms with van der Waals surface area (Å²) in [7, 11) is 0. The maximum absolute atomic E-state index is 3.63. The van der Waals surface area contributed by atoms with Crippen LogP contribution in [0.25, 0.3) is 0 Å².